The van der Waals surface area contributed by atoms with E-state index < -0.39 is 4.92 Å². The third-order valence-corrected chi connectivity index (χ3v) is 5.39. The van der Waals surface area contributed by atoms with Crippen LogP contribution in [-0.2, 0) is 0 Å². The van der Waals surface area contributed by atoms with Crippen LogP contribution in [0.25, 0.3) is 12.2 Å². The van der Waals surface area contributed by atoms with Gasteiger partial charge >= 0.3 is 5.69 Å². The van der Waals surface area contributed by atoms with E-state index in [2.05, 4.69) is 36.5 Å². The number of halogens is 1. The summed E-state index contributed by atoms with van der Waals surface area (Å²) in [6.07, 6.45) is 3.35. The molecule has 0 aliphatic rings. The maximum absolute atomic E-state index is 12.1. The summed E-state index contributed by atoms with van der Waals surface area (Å²) >= 11 is 3.46. The van der Waals surface area contributed by atoms with Gasteiger partial charge in [-0.25, -0.2) is 4.98 Å². The zero-order valence-electron chi connectivity index (χ0n) is 18.1. The molecule has 0 amide bonds. The van der Waals surface area contributed by atoms with Gasteiger partial charge in [0.15, 0.2) is 0 Å². The average molecular weight is 518 g/mol. The van der Waals surface area contributed by atoms with E-state index >= 15 is 0 Å². The zero-order chi connectivity index (χ0) is 23.9. The highest BCUT2D eigenvalue weighted by molar-refractivity contribution is 9.10. The minimum atomic E-state index is -0.485. The molecule has 2 N–H and O–H groups in total. The van der Waals surface area contributed by atoms with Crippen LogP contribution in [0.5, 0.6) is 5.75 Å². The third-order valence-electron chi connectivity index (χ3n) is 4.77. The van der Waals surface area contributed by atoms with E-state index in [4.69, 9.17) is 4.74 Å². The van der Waals surface area contributed by atoms with Crippen LogP contribution in [0, 0.1) is 10.1 Å². The summed E-state index contributed by atoms with van der Waals surface area (Å²) < 4.78 is 6.03. The van der Waals surface area contributed by atoms with Crippen molar-refractivity contribution < 1.29 is 9.66 Å². The van der Waals surface area contributed by atoms with Gasteiger partial charge in [0.2, 0.25) is 11.8 Å². The zero-order valence-corrected chi connectivity index (χ0v) is 19.7. The normalized spacial score (nSPS) is 10.8. The maximum Gasteiger partial charge on any atom is 0.337 e. The van der Waals surface area contributed by atoms with Gasteiger partial charge in [0.25, 0.3) is 0 Å². The van der Waals surface area contributed by atoms with E-state index in [0.717, 1.165) is 15.7 Å². The van der Waals surface area contributed by atoms with E-state index in [1.54, 1.807) is 31.4 Å². The molecule has 0 radical (unpaired) electrons. The van der Waals surface area contributed by atoms with Crippen molar-refractivity contribution in [1.29, 1.82) is 0 Å². The third kappa shape index (κ3) is 5.57. The standard InChI is InChI=1S/C25H20BrN5O3/c1-34-22-15-13-17(16-20(22)26)12-14-21-23(31(32)33)24(27-18-8-4-2-5-9-18)30-25(29-21)28-19-10-6-3-7-11-19/h2-16H,1H3,(H2,27,28,29,30)/b14-12+. The highest BCUT2D eigenvalue weighted by Crippen LogP contribution is 2.32. The number of hydrogen-bond acceptors (Lipinski definition) is 7. The molecule has 0 aliphatic carbocycles. The fourth-order valence-electron chi connectivity index (χ4n) is 3.18. The minimum absolute atomic E-state index is 0.0835. The Balaban J connectivity index is 1.78. The first-order valence-corrected chi connectivity index (χ1v) is 11.0. The Morgan fingerprint density at radius 1 is 0.912 bits per heavy atom. The molecular formula is C25H20BrN5O3. The summed E-state index contributed by atoms with van der Waals surface area (Å²) in [6, 6.07) is 24.0. The molecule has 4 rings (SSSR count). The number of aromatic nitrogens is 2. The summed E-state index contributed by atoms with van der Waals surface area (Å²) in [5, 5.41) is 18.2. The second-order valence-electron chi connectivity index (χ2n) is 7.10. The van der Waals surface area contributed by atoms with Crippen LogP contribution in [0.2, 0.25) is 0 Å². The Hall–Kier alpha value is -4.24. The molecule has 0 aliphatic heterocycles. The summed E-state index contributed by atoms with van der Waals surface area (Å²) in [5.41, 5.74) is 2.17. The number of anilines is 4. The van der Waals surface area contributed by atoms with Gasteiger partial charge in [-0.1, -0.05) is 48.5 Å². The molecule has 34 heavy (non-hydrogen) atoms. The highest BCUT2D eigenvalue weighted by atomic mass is 79.9. The lowest BCUT2D eigenvalue weighted by Gasteiger charge is -2.11. The molecule has 1 aromatic heterocycles. The summed E-state index contributed by atoms with van der Waals surface area (Å²) in [5.74, 6) is 1.000. The van der Waals surface area contributed by atoms with Crippen LogP contribution in [0.15, 0.2) is 83.3 Å². The predicted octanol–water partition coefficient (Wildman–Crippen LogP) is 6.81. The molecule has 1 heterocycles. The van der Waals surface area contributed by atoms with Gasteiger partial charge in [-0.3, -0.25) is 10.1 Å². The number of hydrogen-bond donors (Lipinski definition) is 2. The van der Waals surface area contributed by atoms with Crippen molar-refractivity contribution in [3.63, 3.8) is 0 Å². The van der Waals surface area contributed by atoms with Crippen molar-refractivity contribution in [2.75, 3.05) is 17.7 Å². The van der Waals surface area contributed by atoms with Crippen LogP contribution < -0.4 is 15.4 Å². The summed E-state index contributed by atoms with van der Waals surface area (Å²) in [4.78, 5) is 20.4. The Morgan fingerprint density at radius 2 is 1.56 bits per heavy atom. The monoisotopic (exact) mass is 517 g/mol. The molecule has 170 valence electrons. The Bertz CT molecular complexity index is 1330. The number of benzene rings is 3. The minimum Gasteiger partial charge on any atom is -0.496 e. The van der Waals surface area contributed by atoms with Gasteiger partial charge in [0.05, 0.1) is 16.5 Å². The quantitative estimate of drug-likeness (QED) is 0.195. The predicted molar refractivity (Wildman–Crippen MR) is 138 cm³/mol. The second kappa shape index (κ2) is 10.6. The van der Waals surface area contributed by atoms with Crippen molar-refractivity contribution in [3.8, 4) is 5.75 Å². The van der Waals surface area contributed by atoms with Gasteiger partial charge in [0.1, 0.15) is 11.4 Å². The summed E-state index contributed by atoms with van der Waals surface area (Å²) in [7, 11) is 1.59. The first kappa shape index (κ1) is 22.9. The van der Waals surface area contributed by atoms with E-state index in [0.29, 0.717) is 11.4 Å². The largest absolute Gasteiger partial charge is 0.496 e. The van der Waals surface area contributed by atoms with Crippen LogP contribution in [-0.4, -0.2) is 22.0 Å². The van der Waals surface area contributed by atoms with E-state index in [1.807, 2.05) is 66.7 Å². The maximum atomic E-state index is 12.1. The van der Waals surface area contributed by atoms with Crippen molar-refractivity contribution in [1.82, 2.24) is 9.97 Å². The van der Waals surface area contributed by atoms with Crippen molar-refractivity contribution in [3.05, 3.63) is 105 Å². The first-order chi connectivity index (χ1) is 16.5. The molecule has 0 fully saturated rings. The number of methoxy groups -OCH3 is 1. The number of ether oxygens (including phenoxy) is 1. The highest BCUT2D eigenvalue weighted by Gasteiger charge is 2.24. The lowest BCUT2D eigenvalue weighted by molar-refractivity contribution is -0.384. The van der Waals surface area contributed by atoms with Crippen LogP contribution in [0.4, 0.5) is 28.8 Å². The molecular weight excluding hydrogens is 498 g/mol. The molecule has 0 saturated carbocycles. The molecule has 0 atom stereocenters. The molecule has 0 spiro atoms. The van der Waals surface area contributed by atoms with Gasteiger partial charge in [0, 0.05) is 11.4 Å². The number of nitrogens with one attached hydrogen (secondary N) is 2. The summed E-state index contributed by atoms with van der Waals surface area (Å²) in [6.45, 7) is 0. The van der Waals surface area contributed by atoms with Gasteiger partial charge in [-0.2, -0.15) is 4.98 Å². The van der Waals surface area contributed by atoms with Gasteiger partial charge in [-0.15, -0.1) is 0 Å². The number of nitrogens with zero attached hydrogens (tertiary/aromatic N) is 3. The fraction of sp³-hybridized carbons (Fsp3) is 0.0400. The smallest absolute Gasteiger partial charge is 0.337 e. The number of rotatable bonds is 8. The van der Waals surface area contributed by atoms with Crippen LogP contribution >= 0.6 is 15.9 Å². The SMILES string of the molecule is COc1ccc(/C=C/c2nc(Nc3ccccc3)nc(Nc3ccccc3)c2[N+](=O)[O-])cc1Br. The first-order valence-electron chi connectivity index (χ1n) is 10.3. The lowest BCUT2D eigenvalue weighted by atomic mass is 10.2. The van der Waals surface area contributed by atoms with E-state index in [9.17, 15) is 10.1 Å². The fourth-order valence-corrected chi connectivity index (χ4v) is 3.74. The molecule has 9 heteroatoms. The molecule has 0 saturated heterocycles. The topological polar surface area (TPSA) is 102 Å². The molecule has 4 aromatic rings. The number of nitro groups is 1. The number of para-hydroxylation sites is 2. The molecule has 8 nitrogen and oxygen atoms in total. The second-order valence-corrected chi connectivity index (χ2v) is 7.95. The Morgan fingerprint density at radius 3 is 2.15 bits per heavy atom. The van der Waals surface area contributed by atoms with Crippen molar-refractivity contribution in [2.24, 2.45) is 0 Å². The lowest BCUT2D eigenvalue weighted by Crippen LogP contribution is -2.07. The Labute approximate surface area is 204 Å². The molecule has 0 unspecified atom stereocenters. The van der Waals surface area contributed by atoms with Gasteiger partial charge in [-0.05, 0) is 64.0 Å². The average Bonchev–Trinajstić information content (AvgIpc) is 2.84. The molecule has 3 aromatic carbocycles. The molecule has 0 bridgehead atoms. The van der Waals surface area contributed by atoms with Crippen LogP contribution in [0.1, 0.15) is 11.3 Å². The van der Waals surface area contributed by atoms with E-state index in [-0.39, 0.29) is 23.1 Å². The Kier molecular flexibility index (Phi) is 7.14. The van der Waals surface area contributed by atoms with Crippen LogP contribution in [0.3, 0.4) is 0 Å². The van der Waals surface area contributed by atoms with Crippen molar-refractivity contribution >= 4 is 56.9 Å². The van der Waals surface area contributed by atoms with Gasteiger partial charge < -0.3 is 15.4 Å². The van der Waals surface area contributed by atoms with E-state index in [1.165, 1.54) is 0 Å². The van der Waals surface area contributed by atoms with Crippen molar-refractivity contribution in [2.45, 2.75) is 0 Å².